The van der Waals surface area contributed by atoms with Crippen LogP contribution in [0.25, 0.3) is 0 Å². The molecule has 1 aromatic heterocycles. The summed E-state index contributed by atoms with van der Waals surface area (Å²) in [7, 11) is 0. The highest BCUT2D eigenvalue weighted by atomic mass is 16.1. The lowest BCUT2D eigenvalue weighted by atomic mass is 9.93. The number of rotatable bonds is 2. The highest BCUT2D eigenvalue weighted by Gasteiger charge is 2.29. The van der Waals surface area contributed by atoms with Crippen molar-refractivity contribution in [2.45, 2.75) is 25.8 Å². The molecule has 4 N–H and O–H groups in total. The van der Waals surface area contributed by atoms with E-state index in [1.165, 1.54) is 6.20 Å². The maximum Gasteiger partial charge on any atom is 0.222 e. The summed E-state index contributed by atoms with van der Waals surface area (Å²) in [5.41, 5.74) is 10.9. The summed E-state index contributed by atoms with van der Waals surface area (Å²) < 4.78 is 0. The summed E-state index contributed by atoms with van der Waals surface area (Å²) in [6.07, 6.45) is 4.93. The Labute approximate surface area is 100 Å². The van der Waals surface area contributed by atoms with E-state index in [1.807, 2.05) is 0 Å². The lowest BCUT2D eigenvalue weighted by Crippen LogP contribution is -2.46. The maximum absolute atomic E-state index is 11.2. The van der Waals surface area contributed by atoms with Crippen molar-refractivity contribution < 1.29 is 4.79 Å². The van der Waals surface area contributed by atoms with Gasteiger partial charge in [0.15, 0.2) is 0 Å². The molecule has 17 heavy (non-hydrogen) atoms. The van der Waals surface area contributed by atoms with Crippen LogP contribution in [-0.4, -0.2) is 28.5 Å². The summed E-state index contributed by atoms with van der Waals surface area (Å²) in [5.74, 6) is 0.790. The molecule has 2 heterocycles. The third kappa shape index (κ3) is 2.46. The molecular weight excluding hydrogens is 218 g/mol. The minimum absolute atomic E-state index is 0.106. The Morgan fingerprint density at radius 3 is 2.76 bits per heavy atom. The van der Waals surface area contributed by atoms with Gasteiger partial charge in [0.2, 0.25) is 5.91 Å². The van der Waals surface area contributed by atoms with Gasteiger partial charge in [0.1, 0.15) is 11.6 Å². The molecule has 92 valence electrons. The largest absolute Gasteiger partial charge is 0.382 e. The van der Waals surface area contributed by atoms with Crippen LogP contribution >= 0.6 is 0 Å². The molecule has 0 spiro atoms. The van der Waals surface area contributed by atoms with Crippen LogP contribution in [0.4, 0.5) is 11.6 Å². The second-order valence-corrected chi connectivity index (χ2v) is 4.48. The second-order valence-electron chi connectivity index (χ2n) is 4.48. The van der Waals surface area contributed by atoms with Crippen molar-refractivity contribution in [3.05, 3.63) is 12.4 Å². The average Bonchev–Trinajstić information content (AvgIpc) is 2.31. The summed E-state index contributed by atoms with van der Waals surface area (Å²) >= 11 is 0. The molecule has 6 nitrogen and oxygen atoms in total. The molecule has 6 heteroatoms. The molecule has 0 aliphatic carbocycles. The van der Waals surface area contributed by atoms with Gasteiger partial charge in [-0.05, 0) is 19.8 Å². The zero-order valence-electron chi connectivity index (χ0n) is 9.84. The fourth-order valence-corrected chi connectivity index (χ4v) is 2.14. The Balaban J connectivity index is 2.17. The van der Waals surface area contributed by atoms with Gasteiger partial charge in [0, 0.05) is 12.6 Å². The molecule has 2 rings (SSSR count). The van der Waals surface area contributed by atoms with Crippen LogP contribution < -0.4 is 16.4 Å². The number of anilines is 2. The number of carbonyl (C=O) groups is 1. The summed E-state index contributed by atoms with van der Waals surface area (Å²) in [6.45, 7) is 2.71. The van der Waals surface area contributed by atoms with E-state index in [0.717, 1.165) is 18.7 Å². The van der Waals surface area contributed by atoms with Gasteiger partial charge < -0.3 is 16.4 Å². The number of hydrogen-bond acceptors (Lipinski definition) is 5. The topological polar surface area (TPSA) is 98.1 Å². The Morgan fingerprint density at radius 2 is 2.18 bits per heavy atom. The number of nitrogens with two attached hydrogens (primary N) is 2. The summed E-state index contributed by atoms with van der Waals surface area (Å²) in [4.78, 5) is 21.5. The van der Waals surface area contributed by atoms with E-state index in [2.05, 4.69) is 21.8 Å². The lowest BCUT2D eigenvalue weighted by molar-refractivity contribution is -0.122. The quantitative estimate of drug-likeness (QED) is 0.760. The third-order valence-electron chi connectivity index (χ3n) is 3.24. The maximum atomic E-state index is 11.2. The SMILES string of the molecule is CC1CCC(C(N)=O)CN1c1cnc(N)cn1. The number of nitrogens with zero attached hydrogens (tertiary/aromatic N) is 3. The first kappa shape index (κ1) is 11.6. The van der Waals surface area contributed by atoms with Gasteiger partial charge in [0.05, 0.1) is 18.3 Å². The van der Waals surface area contributed by atoms with Crippen molar-refractivity contribution in [2.75, 3.05) is 17.2 Å². The minimum atomic E-state index is -0.245. The van der Waals surface area contributed by atoms with E-state index in [4.69, 9.17) is 11.5 Å². The zero-order chi connectivity index (χ0) is 12.4. The van der Waals surface area contributed by atoms with Gasteiger partial charge in [0.25, 0.3) is 0 Å². The molecule has 1 aliphatic heterocycles. The van der Waals surface area contributed by atoms with Crippen LogP contribution in [0.1, 0.15) is 19.8 Å². The van der Waals surface area contributed by atoms with E-state index in [-0.39, 0.29) is 11.8 Å². The summed E-state index contributed by atoms with van der Waals surface area (Å²) in [5, 5.41) is 0. The van der Waals surface area contributed by atoms with E-state index < -0.39 is 0 Å². The molecule has 0 aromatic carbocycles. The van der Waals surface area contributed by atoms with Crippen molar-refractivity contribution in [2.24, 2.45) is 11.7 Å². The molecule has 1 fully saturated rings. The third-order valence-corrected chi connectivity index (χ3v) is 3.24. The van der Waals surface area contributed by atoms with Crippen molar-refractivity contribution in [3.8, 4) is 0 Å². The number of hydrogen-bond donors (Lipinski definition) is 2. The van der Waals surface area contributed by atoms with Gasteiger partial charge in [-0.3, -0.25) is 4.79 Å². The van der Waals surface area contributed by atoms with E-state index >= 15 is 0 Å². The molecular formula is C11H17N5O. The number of aromatic nitrogens is 2. The van der Waals surface area contributed by atoms with Crippen molar-refractivity contribution in [1.29, 1.82) is 0 Å². The predicted molar refractivity (Wildman–Crippen MR) is 65.2 cm³/mol. The van der Waals surface area contributed by atoms with E-state index in [9.17, 15) is 4.79 Å². The molecule has 1 amide bonds. The molecule has 1 saturated heterocycles. The smallest absolute Gasteiger partial charge is 0.222 e. The van der Waals surface area contributed by atoms with Gasteiger partial charge in [-0.1, -0.05) is 0 Å². The van der Waals surface area contributed by atoms with Crippen LogP contribution in [0, 0.1) is 5.92 Å². The fraction of sp³-hybridized carbons (Fsp3) is 0.545. The lowest BCUT2D eigenvalue weighted by Gasteiger charge is -2.37. The van der Waals surface area contributed by atoms with Crippen LogP contribution in [-0.2, 0) is 4.79 Å². The Morgan fingerprint density at radius 1 is 1.41 bits per heavy atom. The van der Waals surface area contributed by atoms with E-state index in [1.54, 1.807) is 6.20 Å². The summed E-state index contributed by atoms with van der Waals surface area (Å²) in [6, 6.07) is 0.337. The second kappa shape index (κ2) is 4.57. The molecule has 0 radical (unpaired) electrons. The van der Waals surface area contributed by atoms with Gasteiger partial charge in [-0.25, -0.2) is 9.97 Å². The minimum Gasteiger partial charge on any atom is -0.382 e. The molecule has 0 bridgehead atoms. The normalized spacial score (nSPS) is 24.6. The number of amides is 1. The molecule has 2 unspecified atom stereocenters. The first-order chi connectivity index (χ1) is 8.08. The molecule has 2 atom stereocenters. The fourth-order valence-electron chi connectivity index (χ4n) is 2.14. The van der Waals surface area contributed by atoms with Gasteiger partial charge in [-0.15, -0.1) is 0 Å². The van der Waals surface area contributed by atoms with Gasteiger partial charge in [-0.2, -0.15) is 0 Å². The van der Waals surface area contributed by atoms with Crippen LogP contribution in [0.3, 0.4) is 0 Å². The van der Waals surface area contributed by atoms with Crippen molar-refractivity contribution in [3.63, 3.8) is 0 Å². The van der Waals surface area contributed by atoms with Crippen LogP contribution in [0.5, 0.6) is 0 Å². The Kier molecular flexibility index (Phi) is 3.12. The first-order valence-electron chi connectivity index (χ1n) is 5.71. The van der Waals surface area contributed by atoms with Gasteiger partial charge >= 0.3 is 0 Å². The first-order valence-corrected chi connectivity index (χ1v) is 5.71. The van der Waals surface area contributed by atoms with Crippen molar-refractivity contribution in [1.82, 2.24) is 9.97 Å². The number of nitrogen functional groups attached to an aromatic ring is 1. The van der Waals surface area contributed by atoms with Crippen LogP contribution in [0.2, 0.25) is 0 Å². The van der Waals surface area contributed by atoms with Crippen molar-refractivity contribution >= 4 is 17.5 Å². The highest BCUT2D eigenvalue weighted by Crippen LogP contribution is 2.25. The molecule has 1 aliphatic rings. The zero-order valence-corrected chi connectivity index (χ0v) is 9.84. The monoisotopic (exact) mass is 235 g/mol. The van der Waals surface area contributed by atoms with Crippen LogP contribution in [0.15, 0.2) is 12.4 Å². The standard InChI is InChI=1S/C11H17N5O/c1-7-2-3-8(11(13)17)6-16(7)10-5-14-9(12)4-15-10/h4-5,7-8H,2-3,6H2,1H3,(H2,12,14)(H2,13,17). The number of carbonyl (C=O) groups excluding carboxylic acids is 1. The highest BCUT2D eigenvalue weighted by molar-refractivity contribution is 5.77. The number of primary amides is 1. The number of piperidine rings is 1. The molecule has 0 saturated carbocycles. The molecule has 1 aromatic rings. The Hall–Kier alpha value is -1.85. The Bertz CT molecular complexity index is 405. The predicted octanol–water partition coefficient (Wildman–Crippen LogP) is 0.149. The average molecular weight is 235 g/mol. The van der Waals surface area contributed by atoms with E-state index in [0.29, 0.717) is 18.4 Å².